The first-order chi connectivity index (χ1) is 20.2. The van der Waals surface area contributed by atoms with Crippen molar-refractivity contribution in [2.45, 2.75) is 95.2 Å². The van der Waals surface area contributed by atoms with Crippen LogP contribution in [-0.2, 0) is 17.6 Å². The quantitative estimate of drug-likeness (QED) is 0.381. The molecule has 3 fully saturated rings. The summed E-state index contributed by atoms with van der Waals surface area (Å²) in [6, 6.07) is 4.18. The number of urea groups is 1. The normalized spacial score (nSPS) is 25.2. The molecule has 6 rings (SSSR count). The number of aromatic nitrogens is 2. The Balaban J connectivity index is 1.23. The molecule has 2 aromatic rings. The van der Waals surface area contributed by atoms with Gasteiger partial charge in [-0.05, 0) is 93.6 Å². The van der Waals surface area contributed by atoms with E-state index in [1.54, 1.807) is 19.9 Å². The molecule has 3 aliphatic carbocycles. The molecule has 43 heavy (non-hydrogen) atoms. The van der Waals surface area contributed by atoms with Gasteiger partial charge in [-0.1, -0.05) is 11.2 Å². The second-order valence-corrected chi connectivity index (χ2v) is 13.5. The maximum absolute atomic E-state index is 13.9. The third-order valence-electron chi connectivity index (χ3n) is 10.1. The van der Waals surface area contributed by atoms with E-state index in [1.807, 2.05) is 17.0 Å². The number of benzene rings is 1. The summed E-state index contributed by atoms with van der Waals surface area (Å²) >= 11 is 0. The molecule has 1 aromatic carbocycles. The molecule has 1 aromatic heterocycles. The van der Waals surface area contributed by atoms with Crippen LogP contribution < -0.4 is 16.0 Å². The van der Waals surface area contributed by atoms with Crippen molar-refractivity contribution in [3.8, 4) is 0 Å². The van der Waals surface area contributed by atoms with E-state index in [9.17, 15) is 28.3 Å². The van der Waals surface area contributed by atoms with Gasteiger partial charge in [-0.3, -0.25) is 9.59 Å². The predicted molar refractivity (Wildman–Crippen MR) is 150 cm³/mol. The van der Waals surface area contributed by atoms with Gasteiger partial charge in [0, 0.05) is 37.0 Å². The smallest absolute Gasteiger partial charge is 0.318 e. The van der Waals surface area contributed by atoms with Crippen LogP contribution in [0.2, 0.25) is 0 Å². The van der Waals surface area contributed by atoms with E-state index in [-0.39, 0.29) is 48.5 Å². The maximum Gasteiger partial charge on any atom is 0.318 e. The van der Waals surface area contributed by atoms with Gasteiger partial charge in [-0.25, -0.2) is 18.2 Å². The van der Waals surface area contributed by atoms with Crippen molar-refractivity contribution in [3.05, 3.63) is 40.7 Å². The fourth-order valence-corrected chi connectivity index (χ4v) is 7.03. The van der Waals surface area contributed by atoms with E-state index >= 15 is 0 Å². The molecule has 232 valence electrons. The number of carbonyl (C=O) groups excluding carboxylic acids is 3. The Kier molecular flexibility index (Phi) is 7.02. The zero-order chi connectivity index (χ0) is 30.8. The summed E-state index contributed by atoms with van der Waals surface area (Å²) in [5.74, 6) is -4.51. The van der Waals surface area contributed by atoms with E-state index in [0.29, 0.717) is 31.6 Å². The van der Waals surface area contributed by atoms with Gasteiger partial charge in [0.05, 0.1) is 11.1 Å². The lowest BCUT2D eigenvalue weighted by Crippen LogP contribution is -2.69. The Morgan fingerprint density at radius 3 is 2.47 bits per heavy atom. The molecule has 2 heterocycles. The molecule has 0 bridgehead atoms. The number of hydrogen-bond acceptors (Lipinski definition) is 7. The van der Waals surface area contributed by atoms with E-state index < -0.39 is 40.8 Å². The molecular formula is C30H38F2N6O5. The fourth-order valence-electron chi connectivity index (χ4n) is 7.03. The Bertz CT molecular complexity index is 1440. The molecule has 1 unspecified atom stereocenters. The van der Waals surface area contributed by atoms with E-state index in [0.717, 1.165) is 24.0 Å². The van der Waals surface area contributed by atoms with Crippen LogP contribution in [0, 0.1) is 18.3 Å². The minimum atomic E-state index is -2.80. The Morgan fingerprint density at radius 2 is 1.84 bits per heavy atom. The van der Waals surface area contributed by atoms with Crippen molar-refractivity contribution in [3.63, 3.8) is 0 Å². The largest absolute Gasteiger partial charge is 0.388 e. The minimum absolute atomic E-state index is 0.0587. The molecule has 2 saturated carbocycles. The number of nitrogens with zero attached hydrogens (tertiary/aromatic N) is 3. The first-order valence-electron chi connectivity index (χ1n) is 14.9. The van der Waals surface area contributed by atoms with Crippen LogP contribution in [-0.4, -0.2) is 74.4 Å². The van der Waals surface area contributed by atoms with Gasteiger partial charge < -0.3 is 26.0 Å². The molecule has 4 N–H and O–H groups in total. The van der Waals surface area contributed by atoms with Crippen molar-refractivity contribution in [2.75, 3.05) is 18.4 Å². The first-order valence-corrected chi connectivity index (χ1v) is 14.9. The van der Waals surface area contributed by atoms with Crippen molar-refractivity contribution in [1.82, 2.24) is 25.8 Å². The molecule has 1 spiro atoms. The topological polar surface area (TPSA) is 150 Å². The highest BCUT2D eigenvalue weighted by Gasteiger charge is 2.59. The number of hydrogen-bond donors (Lipinski definition) is 4. The van der Waals surface area contributed by atoms with Crippen molar-refractivity contribution >= 4 is 23.5 Å². The zero-order valence-electron chi connectivity index (χ0n) is 24.6. The second kappa shape index (κ2) is 10.2. The summed E-state index contributed by atoms with van der Waals surface area (Å²) in [4.78, 5) is 41.5. The van der Waals surface area contributed by atoms with Gasteiger partial charge >= 0.3 is 6.03 Å². The highest BCUT2D eigenvalue weighted by Crippen LogP contribution is 2.51. The highest BCUT2D eigenvalue weighted by molar-refractivity contribution is 6.01. The molecule has 0 radical (unpaired) electrons. The highest BCUT2D eigenvalue weighted by atomic mass is 19.3. The Labute approximate surface area is 248 Å². The van der Waals surface area contributed by atoms with Crippen molar-refractivity contribution in [1.29, 1.82) is 0 Å². The molecular weight excluding hydrogens is 562 g/mol. The van der Waals surface area contributed by atoms with Gasteiger partial charge in [0.25, 0.3) is 5.91 Å². The van der Waals surface area contributed by atoms with E-state index in [1.165, 1.54) is 6.92 Å². The third kappa shape index (κ3) is 5.47. The SMILES string of the molecule is Cc1nonc1C(=O)N[C@H](C(=O)Nc1ccc2c(c1)CC(N1CC3(CC3)CNC1=O)(C(C)(C)O)C2)C1CCC(F)(F)CC1. The number of nitrogens with one attached hydrogen (secondary N) is 3. The Morgan fingerprint density at radius 1 is 1.14 bits per heavy atom. The number of rotatable bonds is 7. The number of fused-ring (bicyclic) bond motifs is 1. The molecule has 2 atom stereocenters. The third-order valence-corrected chi connectivity index (χ3v) is 10.1. The minimum Gasteiger partial charge on any atom is -0.388 e. The fraction of sp³-hybridized carbons (Fsp3) is 0.633. The summed E-state index contributed by atoms with van der Waals surface area (Å²) in [7, 11) is 0. The summed E-state index contributed by atoms with van der Waals surface area (Å²) in [6.07, 6.45) is 2.34. The summed E-state index contributed by atoms with van der Waals surface area (Å²) in [5.41, 5.74) is 0.477. The maximum atomic E-state index is 13.9. The van der Waals surface area contributed by atoms with Crippen molar-refractivity contribution in [2.24, 2.45) is 11.3 Å². The molecule has 1 saturated heterocycles. The van der Waals surface area contributed by atoms with E-state index in [4.69, 9.17) is 0 Å². The van der Waals surface area contributed by atoms with Crippen LogP contribution >= 0.6 is 0 Å². The monoisotopic (exact) mass is 600 g/mol. The average molecular weight is 601 g/mol. The van der Waals surface area contributed by atoms with Gasteiger partial charge in [0.2, 0.25) is 11.8 Å². The van der Waals surface area contributed by atoms with Crippen LogP contribution in [0.3, 0.4) is 0 Å². The summed E-state index contributed by atoms with van der Waals surface area (Å²) < 4.78 is 32.5. The standard InChI is InChI=1S/C30H38F2N6O5/c1-17-22(37-43-36-17)24(39)35-23(18-6-8-30(31,32)9-7-18)25(40)34-21-5-4-19-13-29(27(2,3)42,14-20(19)12-21)38-16-28(10-11-28)15-33-26(38)41/h4-5,12,18,23,42H,6-11,13-16H2,1-3H3,(H,33,41)(H,34,40)(H,35,39)/t23-,29?/m0/s1. The van der Waals surface area contributed by atoms with E-state index in [2.05, 4.69) is 30.9 Å². The lowest BCUT2D eigenvalue weighted by Gasteiger charge is -2.51. The van der Waals surface area contributed by atoms with Crippen molar-refractivity contribution < 1.29 is 32.9 Å². The Hall–Kier alpha value is -3.61. The number of aliphatic hydroxyl groups is 1. The van der Waals surface area contributed by atoms with Crippen LogP contribution in [0.5, 0.6) is 0 Å². The second-order valence-electron chi connectivity index (χ2n) is 13.5. The summed E-state index contributed by atoms with van der Waals surface area (Å²) in [5, 5.41) is 27.2. The number of halogens is 2. The number of anilines is 1. The average Bonchev–Trinajstić information content (AvgIpc) is 3.34. The van der Waals surface area contributed by atoms with Gasteiger partial charge in [0.15, 0.2) is 5.69 Å². The molecule has 11 nitrogen and oxygen atoms in total. The molecule has 1 aliphatic heterocycles. The lowest BCUT2D eigenvalue weighted by molar-refractivity contribution is -0.121. The van der Waals surface area contributed by atoms with Crippen LogP contribution in [0.25, 0.3) is 0 Å². The van der Waals surface area contributed by atoms with Crippen LogP contribution in [0.15, 0.2) is 22.8 Å². The van der Waals surface area contributed by atoms with Gasteiger partial charge in [-0.2, -0.15) is 0 Å². The zero-order valence-corrected chi connectivity index (χ0v) is 24.6. The summed E-state index contributed by atoms with van der Waals surface area (Å²) in [6.45, 7) is 6.24. The van der Waals surface area contributed by atoms with Gasteiger partial charge in [0.1, 0.15) is 11.7 Å². The lowest BCUT2D eigenvalue weighted by atomic mass is 9.77. The van der Waals surface area contributed by atoms with Gasteiger partial charge in [-0.15, -0.1) is 0 Å². The molecule has 4 amide bonds. The first kappa shape index (κ1) is 29.5. The van der Waals surface area contributed by atoms with Crippen LogP contribution in [0.1, 0.15) is 79.7 Å². The van der Waals surface area contributed by atoms with Crippen LogP contribution in [0.4, 0.5) is 19.3 Å². The predicted octanol–water partition coefficient (Wildman–Crippen LogP) is 3.35. The number of aryl methyl sites for hydroxylation is 1. The number of alkyl halides is 2. The molecule has 13 heteroatoms. The molecule has 4 aliphatic rings. The number of amides is 4. The number of carbonyl (C=O) groups is 3.